The van der Waals surface area contributed by atoms with E-state index in [0.717, 1.165) is 36.5 Å². The third-order valence-corrected chi connectivity index (χ3v) is 6.02. The number of hydrogen-bond donors (Lipinski definition) is 2. The summed E-state index contributed by atoms with van der Waals surface area (Å²) in [4.78, 5) is 18.0. The Balaban J connectivity index is 1.59. The van der Waals surface area contributed by atoms with Gasteiger partial charge in [-0.1, -0.05) is 32.0 Å². The average Bonchev–Trinajstić information content (AvgIpc) is 3.07. The van der Waals surface area contributed by atoms with Crippen LogP contribution in [-0.4, -0.2) is 27.2 Å². The van der Waals surface area contributed by atoms with Crippen molar-refractivity contribution in [1.82, 2.24) is 19.4 Å². The lowest BCUT2D eigenvalue weighted by Gasteiger charge is -2.36. The van der Waals surface area contributed by atoms with Gasteiger partial charge in [0.05, 0.1) is 17.2 Å². The maximum absolute atomic E-state index is 13.7. The molecule has 0 unspecified atom stereocenters. The van der Waals surface area contributed by atoms with Gasteiger partial charge in [0.15, 0.2) is 0 Å². The summed E-state index contributed by atoms with van der Waals surface area (Å²) < 4.78 is 9.43. The van der Waals surface area contributed by atoms with Gasteiger partial charge in [-0.15, -0.1) is 0 Å². The molecule has 0 radical (unpaired) electrons. The zero-order valence-electron chi connectivity index (χ0n) is 18.3. The Morgan fingerprint density at radius 3 is 2.50 bits per heavy atom. The third-order valence-electron chi connectivity index (χ3n) is 6.02. The number of para-hydroxylation sites is 1. The molecule has 4 aromatic rings. The number of ether oxygens (including phenoxy) is 1. The number of nitrogens with two attached hydrogens (primary N) is 1. The molecule has 3 N–H and O–H groups in total. The molecule has 7 nitrogen and oxygen atoms in total. The van der Waals surface area contributed by atoms with Gasteiger partial charge in [-0.2, -0.15) is 0 Å². The van der Waals surface area contributed by atoms with E-state index in [0.29, 0.717) is 17.1 Å². The van der Waals surface area contributed by atoms with E-state index in [-0.39, 0.29) is 17.1 Å². The summed E-state index contributed by atoms with van der Waals surface area (Å²) in [7, 11) is 0. The molecule has 2 aromatic heterocycles. The minimum Gasteiger partial charge on any atom is -0.457 e. The van der Waals surface area contributed by atoms with Crippen LogP contribution in [0.1, 0.15) is 26.3 Å². The first-order valence-electron chi connectivity index (χ1n) is 10.8. The summed E-state index contributed by atoms with van der Waals surface area (Å²) in [6, 6.07) is 19.0. The molecule has 0 spiro atoms. The van der Waals surface area contributed by atoms with Gasteiger partial charge < -0.3 is 15.8 Å². The van der Waals surface area contributed by atoms with Gasteiger partial charge in [-0.25, -0.2) is 9.78 Å². The fraction of sp³-hybridized carbons (Fsp3) is 0.280. The number of pyridine rings is 1. The number of nitrogen functional groups attached to an aromatic ring is 1. The van der Waals surface area contributed by atoms with E-state index < -0.39 is 0 Å². The number of imidazole rings is 1. The number of nitrogens with zero attached hydrogens (tertiary/aromatic N) is 3. The number of piperidine rings is 1. The van der Waals surface area contributed by atoms with Crippen molar-refractivity contribution >= 4 is 16.9 Å². The maximum Gasteiger partial charge on any atom is 0.334 e. The molecular formula is C25H27N5O2. The van der Waals surface area contributed by atoms with Crippen molar-refractivity contribution in [2.45, 2.75) is 26.3 Å². The molecule has 1 fully saturated rings. The summed E-state index contributed by atoms with van der Waals surface area (Å²) in [5.41, 5.74) is 8.42. The molecule has 164 valence electrons. The number of fused-ring (bicyclic) bond motifs is 1. The molecule has 0 aliphatic carbocycles. The van der Waals surface area contributed by atoms with Gasteiger partial charge in [-0.3, -0.25) is 9.13 Å². The van der Waals surface area contributed by atoms with Gasteiger partial charge >= 0.3 is 5.69 Å². The lowest BCUT2D eigenvalue weighted by molar-refractivity contribution is 0.203. The topological polar surface area (TPSA) is 87.1 Å². The molecule has 5 rings (SSSR count). The van der Waals surface area contributed by atoms with Crippen LogP contribution in [0.15, 0.2) is 71.7 Å². The minimum absolute atomic E-state index is 0.0393. The second-order valence-corrected chi connectivity index (χ2v) is 9.11. The predicted octanol–water partition coefficient (Wildman–Crippen LogP) is 4.12. The van der Waals surface area contributed by atoms with E-state index in [9.17, 15) is 4.79 Å². The fourth-order valence-corrected chi connectivity index (χ4v) is 4.61. The van der Waals surface area contributed by atoms with Gasteiger partial charge in [0, 0.05) is 19.3 Å². The Labute approximate surface area is 186 Å². The standard InChI is InChI=1S/C25H27N5O2/c1-25(2)14-18(15-27-16-25)29-21-12-13-28-23(26)22(21)30(24(29)31)17-8-10-20(11-9-17)32-19-6-4-3-5-7-19/h3-13,18,27H,14-16H2,1-2H3,(H2,26,28)/t18-/m0/s1. The Kier molecular flexibility index (Phi) is 4.98. The van der Waals surface area contributed by atoms with Crippen LogP contribution in [0, 0.1) is 5.41 Å². The molecule has 2 aromatic carbocycles. The lowest BCUT2D eigenvalue weighted by atomic mass is 9.82. The highest BCUT2D eigenvalue weighted by molar-refractivity contribution is 5.87. The third kappa shape index (κ3) is 3.65. The molecule has 0 saturated carbocycles. The van der Waals surface area contributed by atoms with Gasteiger partial charge in [0.25, 0.3) is 0 Å². The van der Waals surface area contributed by atoms with E-state index in [1.54, 1.807) is 10.8 Å². The molecule has 32 heavy (non-hydrogen) atoms. The monoisotopic (exact) mass is 429 g/mol. The van der Waals surface area contributed by atoms with Crippen LogP contribution >= 0.6 is 0 Å². The Morgan fingerprint density at radius 1 is 1.06 bits per heavy atom. The van der Waals surface area contributed by atoms with Gasteiger partial charge in [0.2, 0.25) is 0 Å². The predicted molar refractivity (Wildman–Crippen MR) is 127 cm³/mol. The number of rotatable bonds is 4. The maximum atomic E-state index is 13.7. The van der Waals surface area contributed by atoms with Crippen LogP contribution in [0.25, 0.3) is 16.7 Å². The van der Waals surface area contributed by atoms with E-state index in [4.69, 9.17) is 10.5 Å². The van der Waals surface area contributed by atoms with Crippen molar-refractivity contribution in [2.24, 2.45) is 5.41 Å². The van der Waals surface area contributed by atoms with Crippen LogP contribution in [0.3, 0.4) is 0 Å². The van der Waals surface area contributed by atoms with Gasteiger partial charge in [-0.05, 0) is 54.3 Å². The Hall–Kier alpha value is -3.58. The first-order chi connectivity index (χ1) is 15.4. The molecule has 1 saturated heterocycles. The van der Waals surface area contributed by atoms with Crippen molar-refractivity contribution in [2.75, 3.05) is 18.8 Å². The quantitative estimate of drug-likeness (QED) is 0.510. The normalized spacial score (nSPS) is 18.0. The Bertz CT molecular complexity index is 1310. The number of benzene rings is 2. The largest absolute Gasteiger partial charge is 0.457 e. The van der Waals surface area contributed by atoms with Crippen molar-refractivity contribution in [3.63, 3.8) is 0 Å². The molecule has 7 heteroatoms. The smallest absolute Gasteiger partial charge is 0.334 e. The SMILES string of the molecule is CC1(C)CNC[C@@H](n2c(=O)n(-c3ccc(Oc4ccccc4)cc3)c3c(N)nccc32)C1. The number of nitrogens with one attached hydrogen (secondary N) is 1. The zero-order valence-corrected chi connectivity index (χ0v) is 18.3. The highest BCUT2D eigenvalue weighted by Crippen LogP contribution is 2.33. The van der Waals surface area contributed by atoms with Crippen LogP contribution in [0.4, 0.5) is 5.82 Å². The molecule has 1 aliphatic heterocycles. The Morgan fingerprint density at radius 2 is 1.78 bits per heavy atom. The van der Waals surface area contributed by atoms with E-state index >= 15 is 0 Å². The van der Waals surface area contributed by atoms with E-state index in [1.165, 1.54) is 0 Å². The second kappa shape index (κ2) is 7.84. The molecule has 1 aliphatic rings. The van der Waals surface area contributed by atoms with Crippen LogP contribution in [-0.2, 0) is 0 Å². The average molecular weight is 430 g/mol. The highest BCUT2D eigenvalue weighted by Gasteiger charge is 2.32. The summed E-state index contributed by atoms with van der Waals surface area (Å²) in [6.07, 6.45) is 2.57. The molecule has 0 amide bonds. The van der Waals surface area contributed by atoms with E-state index in [1.807, 2.05) is 65.2 Å². The highest BCUT2D eigenvalue weighted by atomic mass is 16.5. The molecule has 0 bridgehead atoms. The summed E-state index contributed by atoms with van der Waals surface area (Å²) in [5.74, 6) is 1.79. The second-order valence-electron chi connectivity index (χ2n) is 9.11. The zero-order chi connectivity index (χ0) is 22.3. The lowest BCUT2D eigenvalue weighted by Crippen LogP contribution is -2.44. The van der Waals surface area contributed by atoms with Crippen molar-refractivity contribution in [1.29, 1.82) is 0 Å². The fourth-order valence-electron chi connectivity index (χ4n) is 4.61. The number of aromatic nitrogens is 3. The van der Waals surface area contributed by atoms with Gasteiger partial charge in [0.1, 0.15) is 22.8 Å². The summed E-state index contributed by atoms with van der Waals surface area (Å²) >= 11 is 0. The number of anilines is 1. The van der Waals surface area contributed by atoms with Crippen molar-refractivity contribution in [3.05, 3.63) is 77.3 Å². The molecule has 1 atom stereocenters. The molecular weight excluding hydrogens is 402 g/mol. The minimum atomic E-state index is -0.110. The van der Waals surface area contributed by atoms with Crippen LogP contribution in [0.2, 0.25) is 0 Å². The summed E-state index contributed by atoms with van der Waals surface area (Å²) in [6.45, 7) is 6.12. The number of hydrogen-bond acceptors (Lipinski definition) is 5. The van der Waals surface area contributed by atoms with Crippen molar-refractivity contribution < 1.29 is 4.74 Å². The molecule has 3 heterocycles. The van der Waals surface area contributed by atoms with E-state index in [2.05, 4.69) is 24.1 Å². The van der Waals surface area contributed by atoms with Crippen LogP contribution in [0.5, 0.6) is 11.5 Å². The summed E-state index contributed by atoms with van der Waals surface area (Å²) in [5, 5.41) is 3.48. The van der Waals surface area contributed by atoms with Crippen molar-refractivity contribution in [3.8, 4) is 17.2 Å². The first-order valence-corrected chi connectivity index (χ1v) is 10.8. The first kappa shape index (κ1) is 20.3. The van der Waals surface area contributed by atoms with Crippen LogP contribution < -0.4 is 21.5 Å².